The molecule has 2 amide bonds. The first-order valence-electron chi connectivity index (χ1n) is 23.6. The smallest absolute Gasteiger partial charge is 0.306 e. The molecule has 0 radical (unpaired) electrons. The lowest BCUT2D eigenvalue weighted by Gasteiger charge is -2.32. The number of benzene rings is 3. The van der Waals surface area contributed by atoms with E-state index in [1.54, 1.807) is 0 Å². The first-order valence-corrected chi connectivity index (χ1v) is 23.6. The van der Waals surface area contributed by atoms with Gasteiger partial charge in [0, 0.05) is 43.1 Å². The second-order valence-electron chi connectivity index (χ2n) is 19.8. The van der Waals surface area contributed by atoms with E-state index in [9.17, 15) is 19.2 Å². The zero-order valence-corrected chi connectivity index (χ0v) is 38.0. The Hall–Kier alpha value is -5.42. The average Bonchev–Trinajstić information content (AvgIpc) is 4.04. The monoisotopic (exact) mass is 864 g/mol. The van der Waals surface area contributed by atoms with Crippen molar-refractivity contribution in [3.05, 3.63) is 83.1 Å². The number of amides is 2. The predicted octanol–water partition coefficient (Wildman–Crippen LogP) is 9.39. The maximum Gasteiger partial charge on any atom is 0.306 e. The number of piperidine rings is 1. The van der Waals surface area contributed by atoms with Crippen molar-refractivity contribution in [2.45, 2.75) is 122 Å². The van der Waals surface area contributed by atoms with Gasteiger partial charge < -0.3 is 24.0 Å². The topological polar surface area (TPSA) is 127 Å². The molecule has 0 aromatic heterocycles. The quantitative estimate of drug-likeness (QED) is 0.157. The van der Waals surface area contributed by atoms with Crippen LogP contribution in [-0.4, -0.2) is 83.9 Å². The van der Waals surface area contributed by atoms with Gasteiger partial charge in [0.25, 0.3) is 0 Å². The lowest BCUT2D eigenvalue weighted by Crippen LogP contribution is -2.47. The zero-order chi connectivity index (χ0) is 44.6. The van der Waals surface area contributed by atoms with E-state index in [1.807, 2.05) is 38.8 Å². The van der Waals surface area contributed by atoms with Crippen molar-refractivity contribution in [3.8, 4) is 22.3 Å². The molecule has 3 aromatic rings. The van der Waals surface area contributed by atoms with E-state index >= 15 is 0 Å². The fraction of sp³-hybridized carbons (Fsp3) is 0.509. The number of ether oxygens (including phenoxy) is 3. The Morgan fingerprint density at radius 1 is 0.719 bits per heavy atom. The van der Waals surface area contributed by atoms with Crippen LogP contribution in [0.1, 0.15) is 120 Å². The molecule has 8 atom stereocenters. The van der Waals surface area contributed by atoms with Crippen LogP contribution in [0.3, 0.4) is 0 Å². The standard InChI is InChI=1S/C53H60N4O7/c1-28(2)38(25-48(58)62-5)52(60)56-19-7-8-43(56)41-22-35(27-54-41)30-9-11-31(12-10-30)36-14-15-37(51-47-18-17-46(64-47)50(36)51)32-13-16-40-33(20-32)21-42(55-40)45-24-34-23-44(34)57(45)53(61)39(29(3)4)26-49(59)63-6/h9-16,20,27-29,34,38-39,43-47H,7-8,17-19,21-26H2,1-6H3/t34?,38-,39-,43-,44?,45?,46?,47?/m0/s1. The highest BCUT2D eigenvalue weighted by molar-refractivity contribution is 6.04. The van der Waals surface area contributed by atoms with Crippen LogP contribution in [0.4, 0.5) is 5.69 Å². The van der Waals surface area contributed by atoms with Gasteiger partial charge in [-0.05, 0) is 118 Å². The fourth-order valence-electron chi connectivity index (χ4n) is 11.8. The molecular weight excluding hydrogens is 805 g/mol. The Kier molecular flexibility index (Phi) is 11.2. The molecule has 11 nitrogen and oxygen atoms in total. The SMILES string of the molecule is COC(=O)C[C@H](C(=O)N1C(C2=Nc3ccc(-c4ccc(-c5ccc(C6=CN=C([C@@H]7CCCN7C(=O)[C@@H](CC(=O)OC)C(C)C)C6)cc5)c5c4C4CCC5O4)cc3C2)CC2CC21)C(C)C. The molecule has 3 saturated heterocycles. The number of allylic oxidation sites excluding steroid dienone is 1. The lowest BCUT2D eigenvalue weighted by atomic mass is 9.81. The predicted molar refractivity (Wildman–Crippen MR) is 246 cm³/mol. The second kappa shape index (κ2) is 16.9. The molecule has 0 N–H and O–H groups in total. The summed E-state index contributed by atoms with van der Waals surface area (Å²) in [4.78, 5) is 66.4. The molecule has 7 aliphatic rings. The van der Waals surface area contributed by atoms with Crippen molar-refractivity contribution >= 4 is 46.4 Å². The minimum Gasteiger partial charge on any atom is -0.469 e. The van der Waals surface area contributed by atoms with Gasteiger partial charge in [0.15, 0.2) is 0 Å². The molecule has 2 bridgehead atoms. The highest BCUT2D eigenvalue weighted by atomic mass is 16.5. The summed E-state index contributed by atoms with van der Waals surface area (Å²) in [6.07, 6.45) is 9.48. The normalized spacial score (nSPS) is 25.8. The molecular formula is C53H60N4O7. The van der Waals surface area contributed by atoms with Crippen LogP contribution in [0.15, 0.2) is 70.8 Å². The van der Waals surface area contributed by atoms with Crippen molar-refractivity contribution in [1.82, 2.24) is 9.80 Å². The number of rotatable bonds is 13. The van der Waals surface area contributed by atoms with Gasteiger partial charge in [0.2, 0.25) is 11.8 Å². The maximum atomic E-state index is 14.1. The van der Waals surface area contributed by atoms with Gasteiger partial charge in [-0.25, -0.2) is 0 Å². The molecule has 11 heteroatoms. The van der Waals surface area contributed by atoms with Crippen molar-refractivity contribution in [2.75, 3.05) is 20.8 Å². The number of nitrogens with zero attached hydrogens (tertiary/aromatic N) is 4. The number of carbonyl (C=O) groups excluding carboxylic acids is 4. The summed E-state index contributed by atoms with van der Waals surface area (Å²) >= 11 is 0. The third-order valence-electron chi connectivity index (χ3n) is 15.4. The maximum absolute atomic E-state index is 14.1. The number of esters is 2. The van der Waals surface area contributed by atoms with Gasteiger partial charge in [-0.2, -0.15) is 0 Å². The molecule has 0 spiro atoms. The fourth-order valence-corrected chi connectivity index (χ4v) is 11.8. The van der Waals surface area contributed by atoms with Gasteiger partial charge in [-0.1, -0.05) is 70.2 Å². The summed E-state index contributed by atoms with van der Waals surface area (Å²) < 4.78 is 16.5. The molecule has 10 rings (SSSR count). The first kappa shape index (κ1) is 42.5. The van der Waals surface area contributed by atoms with Gasteiger partial charge in [0.1, 0.15) is 0 Å². The molecule has 1 aliphatic carbocycles. The second-order valence-corrected chi connectivity index (χ2v) is 19.8. The van der Waals surface area contributed by atoms with Crippen molar-refractivity contribution in [2.24, 2.45) is 39.6 Å². The molecule has 334 valence electrons. The minimum absolute atomic E-state index is 0.0192. The van der Waals surface area contributed by atoms with Crippen LogP contribution in [0.2, 0.25) is 0 Å². The van der Waals surface area contributed by atoms with Gasteiger partial charge in [0.05, 0.1) is 68.9 Å². The third kappa shape index (κ3) is 7.51. The molecule has 6 heterocycles. The van der Waals surface area contributed by atoms with Gasteiger partial charge in [-0.3, -0.25) is 29.2 Å². The lowest BCUT2D eigenvalue weighted by molar-refractivity contribution is -0.148. The van der Waals surface area contributed by atoms with E-state index in [-0.39, 0.29) is 78.8 Å². The van der Waals surface area contributed by atoms with Crippen LogP contribution in [0.25, 0.3) is 27.8 Å². The Bertz CT molecular complexity index is 2500. The van der Waals surface area contributed by atoms with Crippen LogP contribution in [-0.2, 0) is 39.8 Å². The Labute approximate surface area is 376 Å². The highest BCUT2D eigenvalue weighted by Crippen LogP contribution is 2.57. The van der Waals surface area contributed by atoms with E-state index in [0.717, 1.165) is 72.3 Å². The number of aliphatic imine (C=N–C) groups is 2. The van der Waals surface area contributed by atoms with E-state index in [1.165, 1.54) is 47.6 Å². The Morgan fingerprint density at radius 2 is 1.34 bits per heavy atom. The summed E-state index contributed by atoms with van der Waals surface area (Å²) in [6.45, 7) is 8.69. The van der Waals surface area contributed by atoms with Gasteiger partial charge in [-0.15, -0.1) is 0 Å². The Morgan fingerprint density at radius 3 is 2.00 bits per heavy atom. The van der Waals surface area contributed by atoms with E-state index in [2.05, 4.69) is 59.5 Å². The summed E-state index contributed by atoms with van der Waals surface area (Å²) in [5, 5.41) is 0. The number of carbonyl (C=O) groups is 4. The Balaban J connectivity index is 0.843. The summed E-state index contributed by atoms with van der Waals surface area (Å²) in [7, 11) is 2.76. The average molecular weight is 865 g/mol. The summed E-state index contributed by atoms with van der Waals surface area (Å²) in [5.74, 6) is -0.872. The van der Waals surface area contributed by atoms with Crippen molar-refractivity contribution < 1.29 is 33.4 Å². The third-order valence-corrected chi connectivity index (χ3v) is 15.4. The zero-order valence-electron chi connectivity index (χ0n) is 38.0. The summed E-state index contributed by atoms with van der Waals surface area (Å²) in [6, 6.07) is 20.1. The molecule has 1 saturated carbocycles. The van der Waals surface area contributed by atoms with Gasteiger partial charge >= 0.3 is 11.9 Å². The number of hydrogen-bond donors (Lipinski definition) is 0. The first-order chi connectivity index (χ1) is 30.9. The number of fused-ring (bicyclic) bond motifs is 7. The largest absolute Gasteiger partial charge is 0.469 e. The van der Waals surface area contributed by atoms with E-state index < -0.39 is 11.8 Å². The van der Waals surface area contributed by atoms with E-state index in [4.69, 9.17) is 24.2 Å². The molecule has 5 unspecified atom stereocenters. The van der Waals surface area contributed by atoms with Crippen molar-refractivity contribution in [1.29, 1.82) is 0 Å². The number of hydrogen-bond acceptors (Lipinski definition) is 9. The number of likely N-dealkylation sites (tertiary alicyclic amines) is 2. The van der Waals surface area contributed by atoms with Crippen LogP contribution < -0.4 is 0 Å². The molecule has 6 aliphatic heterocycles. The molecule has 3 aromatic carbocycles. The van der Waals surface area contributed by atoms with Crippen LogP contribution in [0, 0.1) is 29.6 Å². The summed E-state index contributed by atoms with van der Waals surface area (Å²) in [5.41, 5.74) is 13.9. The van der Waals surface area contributed by atoms with E-state index in [0.29, 0.717) is 25.3 Å². The highest BCUT2D eigenvalue weighted by Gasteiger charge is 2.56. The molecule has 64 heavy (non-hydrogen) atoms. The molecule has 4 fully saturated rings. The van der Waals surface area contributed by atoms with Crippen molar-refractivity contribution in [3.63, 3.8) is 0 Å². The minimum atomic E-state index is -0.411. The number of methoxy groups -OCH3 is 2. The van der Waals surface area contributed by atoms with Crippen LogP contribution in [0.5, 0.6) is 0 Å². The van der Waals surface area contributed by atoms with Crippen LogP contribution >= 0.6 is 0 Å².